The molecule has 1 aliphatic heterocycles. The van der Waals surface area contributed by atoms with Crippen molar-refractivity contribution in [3.63, 3.8) is 0 Å². The first-order valence-corrected chi connectivity index (χ1v) is 8.67. The molecular weight excluding hydrogens is 360 g/mol. The number of nitrogens with one attached hydrogen (secondary N) is 1. The van der Waals surface area contributed by atoms with E-state index in [0.717, 1.165) is 17.1 Å². The second-order valence-corrected chi connectivity index (χ2v) is 6.34. The van der Waals surface area contributed by atoms with Crippen molar-refractivity contribution in [2.75, 3.05) is 27.0 Å². The minimum Gasteiger partial charge on any atom is -0.490 e. The number of hydrogen-bond acceptors (Lipinski definition) is 4. The summed E-state index contributed by atoms with van der Waals surface area (Å²) in [4.78, 5) is 1.93. The van der Waals surface area contributed by atoms with Crippen LogP contribution in [-0.4, -0.2) is 37.0 Å². The maximum Gasteiger partial charge on any atom is 0.231 e. The second kappa shape index (κ2) is 8.27. The number of hydrogen-bond donors (Lipinski definition) is 1. The number of likely N-dealkylation sites (N-methyl/N-ethyl adjacent to an activating group) is 1. The van der Waals surface area contributed by atoms with Crippen LogP contribution in [0.15, 0.2) is 42.5 Å². The topological polar surface area (TPSA) is 43.0 Å². The van der Waals surface area contributed by atoms with Crippen molar-refractivity contribution >= 4 is 28.9 Å². The van der Waals surface area contributed by atoms with Crippen LogP contribution in [0.1, 0.15) is 5.56 Å². The molecule has 0 saturated heterocycles. The zero-order chi connectivity index (χ0) is 17.6. The Balaban J connectivity index is 1.42. The highest BCUT2D eigenvalue weighted by Crippen LogP contribution is 2.32. The van der Waals surface area contributed by atoms with Gasteiger partial charge in [-0.05, 0) is 42.0 Å². The third-order valence-electron chi connectivity index (χ3n) is 3.75. The lowest BCUT2D eigenvalue weighted by Gasteiger charge is -2.21. The van der Waals surface area contributed by atoms with Crippen LogP contribution in [0, 0.1) is 0 Å². The smallest absolute Gasteiger partial charge is 0.231 e. The van der Waals surface area contributed by atoms with Crippen LogP contribution in [-0.2, 0) is 6.54 Å². The van der Waals surface area contributed by atoms with Crippen LogP contribution in [0.2, 0.25) is 5.02 Å². The van der Waals surface area contributed by atoms with Crippen molar-refractivity contribution in [3.05, 3.63) is 53.1 Å². The summed E-state index contributed by atoms with van der Waals surface area (Å²) >= 11 is 11.5. The first-order chi connectivity index (χ1) is 12.1. The van der Waals surface area contributed by atoms with Gasteiger partial charge < -0.3 is 24.4 Å². The van der Waals surface area contributed by atoms with Crippen LogP contribution < -0.4 is 19.5 Å². The van der Waals surface area contributed by atoms with E-state index in [1.165, 1.54) is 0 Å². The quantitative estimate of drug-likeness (QED) is 0.776. The lowest BCUT2D eigenvalue weighted by Crippen LogP contribution is -2.38. The van der Waals surface area contributed by atoms with E-state index < -0.39 is 0 Å². The molecule has 3 rings (SSSR count). The fraction of sp³-hybridized carbons (Fsp3) is 0.278. The van der Waals surface area contributed by atoms with Gasteiger partial charge in [0.2, 0.25) is 6.79 Å². The largest absolute Gasteiger partial charge is 0.490 e. The Bertz CT molecular complexity index is 757. The van der Waals surface area contributed by atoms with Crippen molar-refractivity contribution in [1.29, 1.82) is 0 Å². The molecule has 25 heavy (non-hydrogen) atoms. The highest BCUT2D eigenvalue weighted by Gasteiger charge is 2.13. The highest BCUT2D eigenvalue weighted by molar-refractivity contribution is 7.80. The Morgan fingerprint density at radius 1 is 1.24 bits per heavy atom. The average molecular weight is 379 g/mol. The summed E-state index contributed by atoms with van der Waals surface area (Å²) < 4.78 is 16.4. The molecule has 2 aromatic carbocycles. The monoisotopic (exact) mass is 378 g/mol. The molecule has 5 nitrogen and oxygen atoms in total. The number of thiocarbonyl (C=S) groups is 1. The van der Waals surface area contributed by atoms with Gasteiger partial charge in [-0.15, -0.1) is 0 Å². The van der Waals surface area contributed by atoms with Gasteiger partial charge in [0.15, 0.2) is 16.6 Å². The van der Waals surface area contributed by atoms with E-state index in [4.69, 9.17) is 38.0 Å². The summed E-state index contributed by atoms with van der Waals surface area (Å²) in [6.07, 6.45) is 0. The van der Waals surface area contributed by atoms with E-state index in [9.17, 15) is 0 Å². The Hall–Kier alpha value is -2.18. The standard InChI is InChI=1S/C18H19ClN2O3S/c1-21(8-9-22-15-5-3-2-4-14(15)19)18(25)20-11-13-6-7-16-17(10-13)24-12-23-16/h2-7,10H,8-9,11-12H2,1H3,(H,20,25). The molecule has 0 spiro atoms. The Labute approximate surface area is 157 Å². The molecular formula is C18H19ClN2O3S. The van der Waals surface area contributed by atoms with Crippen LogP contribution in [0.3, 0.4) is 0 Å². The van der Waals surface area contributed by atoms with Gasteiger partial charge >= 0.3 is 0 Å². The van der Waals surface area contributed by atoms with Crippen molar-refractivity contribution in [3.8, 4) is 17.2 Å². The van der Waals surface area contributed by atoms with Gasteiger partial charge in [-0.25, -0.2) is 0 Å². The third-order valence-corrected chi connectivity index (χ3v) is 4.52. The third kappa shape index (κ3) is 4.67. The Morgan fingerprint density at radius 2 is 2.04 bits per heavy atom. The molecule has 132 valence electrons. The maximum atomic E-state index is 6.06. The molecule has 1 heterocycles. The summed E-state index contributed by atoms with van der Waals surface area (Å²) in [6, 6.07) is 13.3. The molecule has 1 N–H and O–H groups in total. The number of ether oxygens (including phenoxy) is 3. The summed E-state index contributed by atoms with van der Waals surface area (Å²) in [6.45, 7) is 2.04. The van der Waals surface area contributed by atoms with E-state index in [2.05, 4.69) is 5.32 Å². The molecule has 0 bridgehead atoms. The molecule has 0 fully saturated rings. The molecule has 0 unspecified atom stereocenters. The van der Waals surface area contributed by atoms with Crippen LogP contribution in [0.5, 0.6) is 17.2 Å². The molecule has 7 heteroatoms. The summed E-state index contributed by atoms with van der Waals surface area (Å²) in [5.41, 5.74) is 1.08. The van der Waals surface area contributed by atoms with Crippen molar-refractivity contribution in [1.82, 2.24) is 10.2 Å². The minimum atomic E-state index is 0.277. The van der Waals surface area contributed by atoms with Gasteiger partial charge in [-0.3, -0.25) is 0 Å². The summed E-state index contributed by atoms with van der Waals surface area (Å²) in [5, 5.41) is 4.49. The van der Waals surface area contributed by atoms with Crippen molar-refractivity contribution < 1.29 is 14.2 Å². The van der Waals surface area contributed by atoms with E-state index in [0.29, 0.717) is 35.6 Å². The van der Waals surface area contributed by atoms with Gasteiger partial charge in [0, 0.05) is 13.6 Å². The molecule has 0 amide bonds. The predicted octanol–water partition coefficient (Wildman–Crippen LogP) is 3.45. The second-order valence-electron chi connectivity index (χ2n) is 5.55. The maximum absolute atomic E-state index is 6.06. The van der Waals surface area contributed by atoms with Crippen molar-refractivity contribution in [2.45, 2.75) is 6.54 Å². The number of fused-ring (bicyclic) bond motifs is 1. The summed E-state index contributed by atoms with van der Waals surface area (Å²) in [5.74, 6) is 2.23. The number of rotatable bonds is 6. The molecule has 0 aromatic heterocycles. The molecule has 0 aliphatic carbocycles. The van der Waals surface area contributed by atoms with Crippen LogP contribution in [0.4, 0.5) is 0 Å². The van der Waals surface area contributed by atoms with E-state index in [1.807, 2.05) is 48.3 Å². The van der Waals surface area contributed by atoms with Gasteiger partial charge in [0.05, 0.1) is 11.6 Å². The number of para-hydroxylation sites is 1. The fourth-order valence-corrected chi connectivity index (χ4v) is 2.67. The van der Waals surface area contributed by atoms with Gasteiger partial charge in [0.25, 0.3) is 0 Å². The number of nitrogens with zero attached hydrogens (tertiary/aromatic N) is 1. The van der Waals surface area contributed by atoms with E-state index in [-0.39, 0.29) is 6.79 Å². The van der Waals surface area contributed by atoms with Crippen LogP contribution in [0.25, 0.3) is 0 Å². The fourth-order valence-electron chi connectivity index (χ4n) is 2.32. The lowest BCUT2D eigenvalue weighted by molar-refractivity contribution is 0.174. The van der Waals surface area contributed by atoms with Gasteiger partial charge in [-0.1, -0.05) is 29.8 Å². The molecule has 0 atom stereocenters. The SMILES string of the molecule is CN(CCOc1ccccc1Cl)C(=S)NCc1ccc2c(c1)OCO2. The lowest BCUT2D eigenvalue weighted by atomic mass is 10.2. The van der Waals surface area contributed by atoms with Crippen molar-refractivity contribution in [2.24, 2.45) is 0 Å². The first-order valence-electron chi connectivity index (χ1n) is 7.88. The molecule has 0 saturated carbocycles. The Morgan fingerprint density at radius 3 is 2.88 bits per heavy atom. The molecule has 0 radical (unpaired) electrons. The van der Waals surface area contributed by atoms with Gasteiger partial charge in [0.1, 0.15) is 12.4 Å². The molecule has 2 aromatic rings. The van der Waals surface area contributed by atoms with E-state index in [1.54, 1.807) is 6.07 Å². The Kier molecular flexibility index (Phi) is 5.83. The van der Waals surface area contributed by atoms with Gasteiger partial charge in [-0.2, -0.15) is 0 Å². The summed E-state index contributed by atoms with van der Waals surface area (Å²) in [7, 11) is 1.92. The number of benzene rings is 2. The normalized spacial score (nSPS) is 11.9. The van der Waals surface area contributed by atoms with Crippen LogP contribution >= 0.6 is 23.8 Å². The minimum absolute atomic E-state index is 0.277. The average Bonchev–Trinajstić information content (AvgIpc) is 3.09. The highest BCUT2D eigenvalue weighted by atomic mass is 35.5. The number of halogens is 1. The molecule has 1 aliphatic rings. The van der Waals surface area contributed by atoms with E-state index >= 15 is 0 Å². The zero-order valence-electron chi connectivity index (χ0n) is 13.8. The first kappa shape index (κ1) is 17.6. The predicted molar refractivity (Wildman–Crippen MR) is 102 cm³/mol. The zero-order valence-corrected chi connectivity index (χ0v) is 15.4.